The van der Waals surface area contributed by atoms with Gasteiger partial charge in [-0.2, -0.15) is 0 Å². The van der Waals surface area contributed by atoms with Crippen LogP contribution in [0.4, 0.5) is 0 Å². The molecule has 1 fully saturated rings. The number of ether oxygens (including phenoxy) is 1. The van der Waals surface area contributed by atoms with Gasteiger partial charge in [-0.25, -0.2) is 4.98 Å². The highest BCUT2D eigenvalue weighted by Crippen LogP contribution is 2.31. The zero-order valence-electron chi connectivity index (χ0n) is 9.61. The van der Waals surface area contributed by atoms with Crippen LogP contribution in [-0.2, 0) is 4.74 Å². The van der Waals surface area contributed by atoms with E-state index in [2.05, 4.69) is 11.1 Å². The Balaban J connectivity index is 2.17. The molecule has 1 aliphatic carbocycles. The van der Waals surface area contributed by atoms with Crippen LogP contribution < -0.4 is 0 Å². The Labute approximate surface area is 102 Å². The Morgan fingerprint density at radius 2 is 2.06 bits per heavy atom. The van der Waals surface area contributed by atoms with E-state index < -0.39 is 0 Å². The molecule has 0 bridgehead atoms. The lowest BCUT2D eigenvalue weighted by Gasteiger charge is -2.21. The maximum Gasteiger partial charge on any atom is 0.209 e. The van der Waals surface area contributed by atoms with Crippen LogP contribution in [-0.4, -0.2) is 17.1 Å². The van der Waals surface area contributed by atoms with Crippen molar-refractivity contribution in [1.82, 2.24) is 4.98 Å². The van der Waals surface area contributed by atoms with Crippen molar-refractivity contribution in [1.29, 1.82) is 0 Å². The van der Waals surface area contributed by atoms with Crippen molar-refractivity contribution in [2.75, 3.05) is 7.11 Å². The van der Waals surface area contributed by atoms with E-state index in [0.717, 1.165) is 5.69 Å². The van der Waals surface area contributed by atoms with Gasteiger partial charge in [0.05, 0.1) is 7.11 Å². The largest absolute Gasteiger partial charge is 0.485 e. The number of rotatable bonds is 2. The second-order valence-corrected chi connectivity index (χ2v) is 4.64. The third kappa shape index (κ3) is 2.59. The molecule has 3 heteroatoms. The molecule has 1 aliphatic rings. The summed E-state index contributed by atoms with van der Waals surface area (Å²) >= 11 is 5.10. The molecule has 86 valence electrons. The fraction of sp³-hybridized carbons (Fsp3) is 0.538. The molecule has 0 radical (unpaired) electrons. The smallest absolute Gasteiger partial charge is 0.209 e. The van der Waals surface area contributed by atoms with Gasteiger partial charge in [0.25, 0.3) is 0 Å². The van der Waals surface area contributed by atoms with Crippen molar-refractivity contribution in [2.45, 2.75) is 38.0 Å². The van der Waals surface area contributed by atoms with Gasteiger partial charge < -0.3 is 4.74 Å². The molecule has 0 aliphatic heterocycles. The molecule has 1 saturated carbocycles. The predicted molar refractivity (Wildman–Crippen MR) is 68.8 cm³/mol. The summed E-state index contributed by atoms with van der Waals surface area (Å²) in [6.07, 6.45) is 6.54. The van der Waals surface area contributed by atoms with Crippen LogP contribution in [0.2, 0.25) is 0 Å². The third-order valence-electron chi connectivity index (χ3n) is 3.19. The van der Waals surface area contributed by atoms with Gasteiger partial charge in [-0.3, -0.25) is 0 Å². The molecular formula is C13H17NOS. The number of hydrogen-bond acceptors (Lipinski definition) is 3. The van der Waals surface area contributed by atoms with Gasteiger partial charge in [-0.1, -0.05) is 25.3 Å². The number of hydrogen-bond donors (Lipinski definition) is 0. The minimum atomic E-state index is 0.484. The van der Waals surface area contributed by atoms with E-state index in [4.69, 9.17) is 17.0 Å². The summed E-state index contributed by atoms with van der Waals surface area (Å²) in [6, 6.07) is 6.05. The van der Waals surface area contributed by atoms with E-state index in [9.17, 15) is 0 Å². The molecule has 2 rings (SSSR count). The average molecular weight is 235 g/mol. The predicted octanol–water partition coefficient (Wildman–Crippen LogP) is 3.45. The molecule has 0 aromatic carbocycles. The van der Waals surface area contributed by atoms with E-state index in [-0.39, 0.29) is 0 Å². The van der Waals surface area contributed by atoms with Crippen molar-refractivity contribution >= 4 is 17.3 Å². The number of nitrogens with zero attached hydrogens (tertiary/aromatic N) is 1. The summed E-state index contributed by atoms with van der Waals surface area (Å²) in [6.45, 7) is 0. The third-order valence-corrected chi connectivity index (χ3v) is 3.56. The van der Waals surface area contributed by atoms with Gasteiger partial charge in [0.1, 0.15) is 5.69 Å². The lowest BCUT2D eigenvalue weighted by Crippen LogP contribution is -2.10. The van der Waals surface area contributed by atoms with E-state index in [0.29, 0.717) is 11.0 Å². The minimum absolute atomic E-state index is 0.484. The van der Waals surface area contributed by atoms with Crippen molar-refractivity contribution in [3.05, 3.63) is 29.6 Å². The fourth-order valence-corrected chi connectivity index (χ4v) is 2.41. The van der Waals surface area contributed by atoms with Gasteiger partial charge in [0, 0.05) is 11.6 Å². The maximum atomic E-state index is 5.10. The Morgan fingerprint density at radius 3 is 2.75 bits per heavy atom. The first-order chi connectivity index (χ1) is 7.81. The standard InChI is InChI=1S/C13H17NOS/c1-15-13(16)12-9-5-8-11(14-12)10-6-3-2-4-7-10/h5,8-10H,2-4,6-7H2,1H3. The Bertz CT molecular complexity index is 372. The Kier molecular flexibility index (Phi) is 3.88. The van der Waals surface area contributed by atoms with Crippen LogP contribution >= 0.6 is 12.2 Å². The molecule has 0 amide bonds. The molecule has 0 saturated heterocycles. The van der Waals surface area contributed by atoms with E-state index in [1.54, 1.807) is 7.11 Å². The van der Waals surface area contributed by atoms with Crippen molar-refractivity contribution in [2.24, 2.45) is 0 Å². The van der Waals surface area contributed by atoms with Crippen molar-refractivity contribution in [3.63, 3.8) is 0 Å². The Hall–Kier alpha value is -0.960. The quantitative estimate of drug-likeness (QED) is 0.733. The van der Waals surface area contributed by atoms with Crippen molar-refractivity contribution < 1.29 is 4.74 Å². The van der Waals surface area contributed by atoms with Crippen LogP contribution in [0.25, 0.3) is 0 Å². The van der Waals surface area contributed by atoms with Crippen LogP contribution in [0.3, 0.4) is 0 Å². The van der Waals surface area contributed by atoms with Crippen LogP contribution in [0, 0.1) is 0 Å². The summed E-state index contributed by atoms with van der Waals surface area (Å²) < 4.78 is 5.05. The Morgan fingerprint density at radius 1 is 1.31 bits per heavy atom. The van der Waals surface area contributed by atoms with Crippen LogP contribution in [0.5, 0.6) is 0 Å². The van der Waals surface area contributed by atoms with E-state index in [1.165, 1.54) is 37.8 Å². The topological polar surface area (TPSA) is 22.1 Å². The van der Waals surface area contributed by atoms with Gasteiger partial charge in [0.2, 0.25) is 5.05 Å². The molecule has 0 N–H and O–H groups in total. The number of methoxy groups -OCH3 is 1. The molecule has 1 aromatic rings. The monoisotopic (exact) mass is 235 g/mol. The lowest BCUT2D eigenvalue weighted by atomic mass is 9.86. The average Bonchev–Trinajstić information content (AvgIpc) is 2.39. The molecular weight excluding hydrogens is 218 g/mol. The molecule has 0 unspecified atom stereocenters. The second kappa shape index (κ2) is 5.39. The zero-order valence-corrected chi connectivity index (χ0v) is 10.4. The number of thiocarbonyl (C=S) groups is 1. The van der Waals surface area contributed by atoms with Gasteiger partial charge in [0.15, 0.2) is 0 Å². The summed E-state index contributed by atoms with van der Waals surface area (Å²) in [5.74, 6) is 0.619. The summed E-state index contributed by atoms with van der Waals surface area (Å²) in [5, 5.41) is 0.484. The second-order valence-electron chi connectivity index (χ2n) is 4.27. The summed E-state index contributed by atoms with van der Waals surface area (Å²) in [4.78, 5) is 4.60. The van der Waals surface area contributed by atoms with E-state index in [1.807, 2.05) is 12.1 Å². The lowest BCUT2D eigenvalue weighted by molar-refractivity contribution is 0.412. The van der Waals surface area contributed by atoms with E-state index >= 15 is 0 Å². The number of pyridine rings is 1. The first kappa shape index (κ1) is 11.5. The van der Waals surface area contributed by atoms with Gasteiger partial charge >= 0.3 is 0 Å². The zero-order chi connectivity index (χ0) is 11.4. The van der Waals surface area contributed by atoms with Crippen molar-refractivity contribution in [3.8, 4) is 0 Å². The first-order valence-corrected chi connectivity index (χ1v) is 6.27. The molecule has 1 heterocycles. The van der Waals surface area contributed by atoms with Crippen LogP contribution in [0.1, 0.15) is 49.4 Å². The van der Waals surface area contributed by atoms with Crippen LogP contribution in [0.15, 0.2) is 18.2 Å². The summed E-state index contributed by atoms with van der Waals surface area (Å²) in [5.41, 5.74) is 1.97. The normalized spacial score (nSPS) is 17.1. The number of aromatic nitrogens is 1. The van der Waals surface area contributed by atoms with Gasteiger partial charge in [-0.05, 0) is 37.2 Å². The minimum Gasteiger partial charge on any atom is -0.485 e. The first-order valence-electron chi connectivity index (χ1n) is 5.86. The SMILES string of the molecule is COC(=S)c1cccc(C2CCCCC2)n1. The molecule has 0 atom stereocenters. The van der Waals surface area contributed by atoms with Gasteiger partial charge in [-0.15, -0.1) is 0 Å². The molecule has 2 nitrogen and oxygen atoms in total. The summed E-state index contributed by atoms with van der Waals surface area (Å²) in [7, 11) is 1.59. The highest BCUT2D eigenvalue weighted by molar-refractivity contribution is 7.80. The molecule has 16 heavy (non-hydrogen) atoms. The fourth-order valence-electron chi connectivity index (χ4n) is 2.30. The highest BCUT2D eigenvalue weighted by Gasteiger charge is 2.17. The maximum absolute atomic E-state index is 5.10. The molecule has 1 aromatic heterocycles. The molecule has 0 spiro atoms. The highest BCUT2D eigenvalue weighted by atomic mass is 32.1.